The predicted octanol–water partition coefficient (Wildman–Crippen LogP) is 2.85. The van der Waals surface area contributed by atoms with Crippen molar-refractivity contribution in [3.05, 3.63) is 27.2 Å². The number of aryl methyl sites for hydroxylation is 1. The number of rotatable bonds is 2. The van der Waals surface area contributed by atoms with Gasteiger partial charge in [0.05, 0.1) is 16.6 Å². The summed E-state index contributed by atoms with van der Waals surface area (Å²) in [5, 5.41) is 9.40. The van der Waals surface area contributed by atoms with Crippen LogP contribution in [0.1, 0.15) is 12.0 Å². The van der Waals surface area contributed by atoms with Gasteiger partial charge < -0.3 is 10.0 Å². The summed E-state index contributed by atoms with van der Waals surface area (Å²) in [5.74, 6) is -1.83. The standard InChI is InChI=1S/C12H11BrClNO3/c1-6-2-8(13)11(9(14)3-6)15-5-7(12(17)18)4-10(15)16/h2-3,7H,4-5H2,1H3,(H,17,18). The van der Waals surface area contributed by atoms with Crippen LogP contribution in [-0.4, -0.2) is 23.5 Å². The highest BCUT2D eigenvalue weighted by Crippen LogP contribution is 2.38. The Morgan fingerprint density at radius 1 is 1.56 bits per heavy atom. The third kappa shape index (κ3) is 2.37. The van der Waals surface area contributed by atoms with Crippen LogP contribution in [-0.2, 0) is 9.59 Å². The first kappa shape index (κ1) is 13.4. The minimum atomic E-state index is -0.954. The highest BCUT2D eigenvalue weighted by Gasteiger charge is 2.36. The molecule has 0 radical (unpaired) electrons. The van der Waals surface area contributed by atoms with E-state index in [2.05, 4.69) is 15.9 Å². The van der Waals surface area contributed by atoms with Gasteiger partial charge in [-0.3, -0.25) is 9.59 Å². The fraction of sp³-hybridized carbons (Fsp3) is 0.333. The maximum Gasteiger partial charge on any atom is 0.308 e. The van der Waals surface area contributed by atoms with Gasteiger partial charge in [0.2, 0.25) is 5.91 Å². The van der Waals surface area contributed by atoms with Crippen molar-refractivity contribution in [2.75, 3.05) is 11.4 Å². The van der Waals surface area contributed by atoms with Gasteiger partial charge >= 0.3 is 5.97 Å². The lowest BCUT2D eigenvalue weighted by molar-refractivity contribution is -0.141. The Balaban J connectivity index is 2.39. The molecule has 0 saturated carbocycles. The summed E-state index contributed by atoms with van der Waals surface area (Å²) in [6.07, 6.45) is 0.0198. The van der Waals surface area contributed by atoms with Crippen LogP contribution in [0.2, 0.25) is 5.02 Å². The molecule has 0 aromatic heterocycles. The topological polar surface area (TPSA) is 57.6 Å². The monoisotopic (exact) mass is 331 g/mol. The van der Waals surface area contributed by atoms with Crippen molar-refractivity contribution in [1.82, 2.24) is 0 Å². The first-order chi connectivity index (χ1) is 8.40. The van der Waals surface area contributed by atoms with Gasteiger partial charge in [0, 0.05) is 17.4 Å². The van der Waals surface area contributed by atoms with E-state index >= 15 is 0 Å². The van der Waals surface area contributed by atoms with Gasteiger partial charge in [0.1, 0.15) is 0 Å². The fourth-order valence-corrected chi connectivity index (χ4v) is 3.32. The molecule has 18 heavy (non-hydrogen) atoms. The van der Waals surface area contributed by atoms with Crippen LogP contribution in [0.4, 0.5) is 5.69 Å². The van der Waals surface area contributed by atoms with Gasteiger partial charge in [-0.25, -0.2) is 0 Å². The predicted molar refractivity (Wildman–Crippen MR) is 72.0 cm³/mol. The van der Waals surface area contributed by atoms with E-state index in [1.165, 1.54) is 4.90 Å². The number of anilines is 1. The average molecular weight is 333 g/mol. The van der Waals surface area contributed by atoms with Crippen LogP contribution >= 0.6 is 27.5 Å². The summed E-state index contributed by atoms with van der Waals surface area (Å²) in [5.41, 5.74) is 1.52. The van der Waals surface area contributed by atoms with Crippen molar-refractivity contribution < 1.29 is 14.7 Å². The summed E-state index contributed by atoms with van der Waals surface area (Å²) in [6.45, 7) is 2.06. The molecule has 0 bridgehead atoms. The molecule has 0 aliphatic carbocycles. The van der Waals surface area contributed by atoms with Gasteiger partial charge in [-0.15, -0.1) is 0 Å². The Bertz CT molecular complexity index is 509. The average Bonchev–Trinajstić information content (AvgIpc) is 2.59. The molecule has 0 spiro atoms. The van der Waals surface area contributed by atoms with Crippen LogP contribution in [0.3, 0.4) is 0 Å². The van der Waals surface area contributed by atoms with Crippen molar-refractivity contribution >= 4 is 45.1 Å². The number of hydrogen-bond acceptors (Lipinski definition) is 2. The maximum absolute atomic E-state index is 11.9. The molecular weight excluding hydrogens is 321 g/mol. The van der Waals surface area contributed by atoms with Gasteiger partial charge in [0.25, 0.3) is 0 Å². The molecule has 1 aromatic carbocycles. The van der Waals surface area contributed by atoms with E-state index in [4.69, 9.17) is 16.7 Å². The largest absolute Gasteiger partial charge is 0.481 e. The quantitative estimate of drug-likeness (QED) is 0.906. The number of halogens is 2. The molecule has 1 unspecified atom stereocenters. The van der Waals surface area contributed by atoms with Gasteiger partial charge in [-0.05, 0) is 40.5 Å². The zero-order valence-corrected chi connectivity index (χ0v) is 12.0. The molecule has 4 nitrogen and oxygen atoms in total. The number of carbonyl (C=O) groups excluding carboxylic acids is 1. The van der Waals surface area contributed by atoms with Crippen LogP contribution in [0.15, 0.2) is 16.6 Å². The lowest BCUT2D eigenvalue weighted by Gasteiger charge is -2.20. The first-order valence-electron chi connectivity index (χ1n) is 5.39. The Morgan fingerprint density at radius 3 is 2.72 bits per heavy atom. The number of hydrogen-bond donors (Lipinski definition) is 1. The van der Waals surface area contributed by atoms with Crippen molar-refractivity contribution in [2.45, 2.75) is 13.3 Å². The van der Waals surface area contributed by atoms with Gasteiger partial charge in [-0.2, -0.15) is 0 Å². The van der Waals surface area contributed by atoms with E-state index < -0.39 is 11.9 Å². The minimum absolute atomic E-state index is 0.0198. The molecule has 1 aliphatic rings. The van der Waals surface area contributed by atoms with Crippen molar-refractivity contribution in [2.24, 2.45) is 5.92 Å². The van der Waals surface area contributed by atoms with Crippen LogP contribution in [0, 0.1) is 12.8 Å². The summed E-state index contributed by atoms with van der Waals surface area (Å²) in [6, 6.07) is 3.60. The molecule has 1 heterocycles. The molecule has 2 rings (SSSR count). The van der Waals surface area contributed by atoms with Crippen molar-refractivity contribution in [1.29, 1.82) is 0 Å². The zero-order chi connectivity index (χ0) is 13.4. The molecule has 1 amide bonds. The lowest BCUT2D eigenvalue weighted by Crippen LogP contribution is -2.26. The molecule has 96 valence electrons. The zero-order valence-electron chi connectivity index (χ0n) is 9.61. The van der Waals surface area contributed by atoms with Crippen molar-refractivity contribution in [3.63, 3.8) is 0 Å². The fourth-order valence-electron chi connectivity index (χ4n) is 2.04. The third-order valence-corrected chi connectivity index (χ3v) is 3.80. The molecule has 1 fully saturated rings. The minimum Gasteiger partial charge on any atom is -0.481 e. The maximum atomic E-state index is 11.9. The molecule has 1 aliphatic heterocycles. The van der Waals surface area contributed by atoms with Gasteiger partial charge in [0.15, 0.2) is 0 Å². The molecule has 1 atom stereocenters. The second-order valence-electron chi connectivity index (χ2n) is 4.32. The number of carboxylic acid groups (broad SMARTS) is 1. The molecule has 1 saturated heterocycles. The second kappa shape index (κ2) is 4.90. The number of amides is 1. The number of nitrogens with zero attached hydrogens (tertiary/aromatic N) is 1. The highest BCUT2D eigenvalue weighted by molar-refractivity contribution is 9.10. The SMILES string of the molecule is Cc1cc(Cl)c(N2CC(C(=O)O)CC2=O)c(Br)c1. The van der Waals surface area contributed by atoms with Crippen molar-refractivity contribution in [3.8, 4) is 0 Å². The van der Waals surface area contributed by atoms with E-state index in [0.717, 1.165) is 5.56 Å². The van der Waals surface area contributed by atoms with Crippen LogP contribution in [0.5, 0.6) is 0 Å². The number of benzene rings is 1. The Kier molecular flexibility index (Phi) is 3.64. The molecule has 6 heteroatoms. The Morgan fingerprint density at radius 2 is 2.22 bits per heavy atom. The van der Waals surface area contributed by atoms with E-state index in [0.29, 0.717) is 15.2 Å². The lowest BCUT2D eigenvalue weighted by atomic mass is 10.1. The van der Waals surface area contributed by atoms with E-state index in [9.17, 15) is 9.59 Å². The van der Waals surface area contributed by atoms with E-state index in [1.807, 2.05) is 13.0 Å². The number of carboxylic acids is 1. The number of aliphatic carboxylic acids is 1. The van der Waals surface area contributed by atoms with Gasteiger partial charge in [-0.1, -0.05) is 11.6 Å². The van der Waals surface area contributed by atoms with E-state index in [1.54, 1.807) is 6.07 Å². The molecule has 1 aromatic rings. The highest BCUT2D eigenvalue weighted by atomic mass is 79.9. The summed E-state index contributed by atoms with van der Waals surface area (Å²) >= 11 is 9.50. The summed E-state index contributed by atoms with van der Waals surface area (Å²) in [7, 11) is 0. The van der Waals surface area contributed by atoms with Crippen LogP contribution in [0.25, 0.3) is 0 Å². The molecule has 1 N–H and O–H groups in total. The second-order valence-corrected chi connectivity index (χ2v) is 5.58. The Hall–Kier alpha value is -1.07. The normalized spacial score (nSPS) is 19.4. The summed E-state index contributed by atoms with van der Waals surface area (Å²) in [4.78, 5) is 24.2. The van der Waals surface area contributed by atoms with Crippen LogP contribution < -0.4 is 4.90 Å². The summed E-state index contributed by atoms with van der Waals surface area (Å²) < 4.78 is 0.701. The first-order valence-corrected chi connectivity index (χ1v) is 6.56. The smallest absolute Gasteiger partial charge is 0.308 e. The Labute approximate surface area is 118 Å². The number of carbonyl (C=O) groups is 2. The third-order valence-electron chi connectivity index (χ3n) is 2.91. The molecular formula is C12H11BrClNO3. The van der Waals surface area contributed by atoms with E-state index in [-0.39, 0.29) is 18.9 Å².